The Morgan fingerprint density at radius 2 is 1.91 bits per heavy atom. The predicted octanol–water partition coefficient (Wildman–Crippen LogP) is 1.86. The fourth-order valence-electron chi connectivity index (χ4n) is 3.75. The lowest BCUT2D eigenvalue weighted by atomic mass is 9.98. The molecule has 22 heavy (non-hydrogen) atoms. The van der Waals surface area contributed by atoms with E-state index < -0.39 is 0 Å². The van der Waals surface area contributed by atoms with Gasteiger partial charge in [0.15, 0.2) is 0 Å². The number of fused-ring (bicyclic) bond motifs is 2. The Balaban J connectivity index is 0.00000144. The molecule has 1 aliphatic heterocycles. The van der Waals surface area contributed by atoms with Crippen LogP contribution in [0.1, 0.15) is 23.2 Å². The molecule has 6 heteroatoms. The summed E-state index contributed by atoms with van der Waals surface area (Å²) in [4.78, 5) is 23.1. The largest absolute Gasteiger partial charge is 0.338 e. The fourth-order valence-corrected chi connectivity index (χ4v) is 3.75. The number of carbonyl (C=O) groups excluding carboxylic acids is 1. The molecule has 1 saturated carbocycles. The SMILES string of the molecule is Cl.NC1CCC2CN(C(=O)c3ccc4nccnc4c3)CC12. The first-order chi connectivity index (χ1) is 10.2. The van der Waals surface area contributed by atoms with Crippen LogP contribution in [0, 0.1) is 11.8 Å². The van der Waals surface area contributed by atoms with Gasteiger partial charge in [-0.1, -0.05) is 0 Å². The number of carbonyl (C=O) groups is 1. The van der Waals surface area contributed by atoms with Gasteiger partial charge in [-0.15, -0.1) is 12.4 Å². The number of nitrogens with zero attached hydrogens (tertiary/aromatic N) is 3. The summed E-state index contributed by atoms with van der Waals surface area (Å²) in [5, 5.41) is 0. The molecule has 116 valence electrons. The molecule has 5 nitrogen and oxygen atoms in total. The van der Waals surface area contributed by atoms with E-state index >= 15 is 0 Å². The average molecular weight is 319 g/mol. The third-order valence-corrected chi connectivity index (χ3v) is 4.92. The van der Waals surface area contributed by atoms with Crippen LogP contribution >= 0.6 is 12.4 Å². The second kappa shape index (κ2) is 5.82. The van der Waals surface area contributed by atoms with E-state index in [1.165, 1.54) is 0 Å². The van der Waals surface area contributed by atoms with Crippen molar-refractivity contribution < 1.29 is 4.79 Å². The molecule has 1 amide bonds. The van der Waals surface area contributed by atoms with Crippen molar-refractivity contribution >= 4 is 29.3 Å². The van der Waals surface area contributed by atoms with Crippen LogP contribution in [-0.4, -0.2) is 39.9 Å². The van der Waals surface area contributed by atoms with Crippen LogP contribution in [-0.2, 0) is 0 Å². The molecule has 2 aliphatic rings. The summed E-state index contributed by atoms with van der Waals surface area (Å²) >= 11 is 0. The van der Waals surface area contributed by atoms with Gasteiger partial charge < -0.3 is 10.6 Å². The minimum absolute atomic E-state index is 0. The third kappa shape index (κ3) is 2.44. The lowest BCUT2D eigenvalue weighted by molar-refractivity contribution is 0.0779. The molecule has 2 aromatic rings. The first kappa shape index (κ1) is 15.2. The molecule has 2 fully saturated rings. The van der Waals surface area contributed by atoms with E-state index in [0.717, 1.165) is 37.0 Å². The highest BCUT2D eigenvalue weighted by Gasteiger charge is 2.42. The Morgan fingerprint density at radius 1 is 1.14 bits per heavy atom. The minimum atomic E-state index is 0. The van der Waals surface area contributed by atoms with Crippen molar-refractivity contribution in [2.24, 2.45) is 17.6 Å². The van der Waals surface area contributed by atoms with E-state index in [1.54, 1.807) is 12.4 Å². The summed E-state index contributed by atoms with van der Waals surface area (Å²) in [6.45, 7) is 1.64. The summed E-state index contributed by atoms with van der Waals surface area (Å²) in [7, 11) is 0. The molecule has 0 radical (unpaired) electrons. The Kier molecular flexibility index (Phi) is 4.02. The van der Waals surface area contributed by atoms with Gasteiger partial charge in [0.05, 0.1) is 11.0 Å². The van der Waals surface area contributed by atoms with Crippen LogP contribution < -0.4 is 5.73 Å². The highest BCUT2D eigenvalue weighted by atomic mass is 35.5. The second-order valence-electron chi connectivity index (χ2n) is 6.14. The number of benzene rings is 1. The standard InChI is InChI=1S/C16H18N4O.ClH/c17-13-3-1-11-8-20(9-12(11)13)16(21)10-2-4-14-15(7-10)19-6-5-18-14;/h2,4-7,11-13H,1,3,8-9,17H2;1H. The molecule has 2 heterocycles. The number of rotatable bonds is 1. The van der Waals surface area contributed by atoms with Crippen molar-refractivity contribution in [3.8, 4) is 0 Å². The Hall–Kier alpha value is -1.72. The Labute approximate surface area is 135 Å². The van der Waals surface area contributed by atoms with Crippen molar-refractivity contribution in [1.82, 2.24) is 14.9 Å². The molecule has 2 N–H and O–H groups in total. The quantitative estimate of drug-likeness (QED) is 0.871. The number of hydrogen-bond donors (Lipinski definition) is 1. The minimum Gasteiger partial charge on any atom is -0.338 e. The van der Waals surface area contributed by atoms with Crippen LogP contribution in [0.25, 0.3) is 11.0 Å². The smallest absolute Gasteiger partial charge is 0.253 e. The van der Waals surface area contributed by atoms with Gasteiger partial charge in [-0.2, -0.15) is 0 Å². The first-order valence-corrected chi connectivity index (χ1v) is 7.48. The van der Waals surface area contributed by atoms with E-state index in [1.807, 2.05) is 23.1 Å². The van der Waals surface area contributed by atoms with Gasteiger partial charge in [0.25, 0.3) is 5.91 Å². The van der Waals surface area contributed by atoms with Crippen LogP contribution in [0.5, 0.6) is 0 Å². The van der Waals surface area contributed by atoms with E-state index in [-0.39, 0.29) is 24.4 Å². The summed E-state index contributed by atoms with van der Waals surface area (Å²) in [5.41, 5.74) is 8.41. The summed E-state index contributed by atoms with van der Waals surface area (Å²) < 4.78 is 0. The van der Waals surface area contributed by atoms with Gasteiger partial charge in [0.2, 0.25) is 0 Å². The molecule has 1 aliphatic carbocycles. The molecule has 3 unspecified atom stereocenters. The zero-order chi connectivity index (χ0) is 14.4. The zero-order valence-corrected chi connectivity index (χ0v) is 13.0. The molecular weight excluding hydrogens is 300 g/mol. The van der Waals surface area contributed by atoms with Crippen molar-refractivity contribution in [1.29, 1.82) is 0 Å². The fraction of sp³-hybridized carbons (Fsp3) is 0.438. The molecule has 0 spiro atoms. The lowest BCUT2D eigenvalue weighted by Gasteiger charge is -2.19. The van der Waals surface area contributed by atoms with E-state index in [2.05, 4.69) is 9.97 Å². The van der Waals surface area contributed by atoms with Gasteiger partial charge in [0, 0.05) is 37.1 Å². The van der Waals surface area contributed by atoms with E-state index in [9.17, 15) is 4.79 Å². The predicted molar refractivity (Wildman–Crippen MR) is 86.9 cm³/mol. The van der Waals surface area contributed by atoms with Gasteiger partial charge >= 0.3 is 0 Å². The molecule has 1 aromatic heterocycles. The van der Waals surface area contributed by atoms with Crippen LogP contribution in [0.3, 0.4) is 0 Å². The number of likely N-dealkylation sites (tertiary alicyclic amines) is 1. The molecule has 4 rings (SSSR count). The van der Waals surface area contributed by atoms with E-state index in [4.69, 9.17) is 5.73 Å². The van der Waals surface area contributed by atoms with Crippen LogP contribution in [0.15, 0.2) is 30.6 Å². The molecule has 1 saturated heterocycles. The Bertz CT molecular complexity index is 707. The lowest BCUT2D eigenvalue weighted by Crippen LogP contribution is -2.33. The van der Waals surface area contributed by atoms with Gasteiger partial charge in [-0.25, -0.2) is 0 Å². The zero-order valence-electron chi connectivity index (χ0n) is 12.2. The summed E-state index contributed by atoms with van der Waals surface area (Å²) in [6, 6.07) is 5.79. The highest BCUT2D eigenvalue weighted by Crippen LogP contribution is 2.37. The van der Waals surface area contributed by atoms with Crippen LogP contribution in [0.2, 0.25) is 0 Å². The maximum absolute atomic E-state index is 12.7. The summed E-state index contributed by atoms with van der Waals surface area (Å²) in [5.74, 6) is 1.16. The molecule has 1 aromatic carbocycles. The van der Waals surface area contributed by atoms with Gasteiger partial charge in [0.1, 0.15) is 0 Å². The monoisotopic (exact) mass is 318 g/mol. The second-order valence-corrected chi connectivity index (χ2v) is 6.14. The maximum Gasteiger partial charge on any atom is 0.253 e. The highest BCUT2D eigenvalue weighted by molar-refractivity contribution is 5.97. The number of aromatic nitrogens is 2. The van der Waals surface area contributed by atoms with Crippen LogP contribution in [0.4, 0.5) is 0 Å². The molecular formula is C16H19ClN4O. The van der Waals surface area contributed by atoms with Gasteiger partial charge in [-0.3, -0.25) is 14.8 Å². The first-order valence-electron chi connectivity index (χ1n) is 7.48. The number of nitrogens with two attached hydrogens (primary N) is 1. The third-order valence-electron chi connectivity index (χ3n) is 4.92. The topological polar surface area (TPSA) is 72.1 Å². The molecule has 0 bridgehead atoms. The Morgan fingerprint density at radius 3 is 2.68 bits per heavy atom. The average Bonchev–Trinajstić information content (AvgIpc) is 3.08. The molecule has 3 atom stereocenters. The number of halogens is 1. The normalized spacial score (nSPS) is 26.8. The van der Waals surface area contributed by atoms with Crippen molar-refractivity contribution in [3.05, 3.63) is 36.2 Å². The summed E-state index contributed by atoms with van der Waals surface area (Å²) in [6.07, 6.45) is 5.56. The van der Waals surface area contributed by atoms with E-state index in [0.29, 0.717) is 17.4 Å². The maximum atomic E-state index is 12.7. The van der Waals surface area contributed by atoms with Crippen molar-refractivity contribution in [2.45, 2.75) is 18.9 Å². The van der Waals surface area contributed by atoms with Crippen molar-refractivity contribution in [2.75, 3.05) is 13.1 Å². The number of hydrogen-bond acceptors (Lipinski definition) is 4. The number of amides is 1. The van der Waals surface area contributed by atoms with Gasteiger partial charge in [-0.05, 0) is 42.9 Å². The van der Waals surface area contributed by atoms with Crippen molar-refractivity contribution in [3.63, 3.8) is 0 Å².